The van der Waals surface area contributed by atoms with Crippen LogP contribution in [-0.2, 0) is 30.3 Å². The molecule has 15 heteroatoms. The minimum absolute atomic E-state index is 0.0112. The molecule has 0 saturated carbocycles. The maximum absolute atomic E-state index is 12.7. The zero-order valence-electron chi connectivity index (χ0n) is 18.6. The standard InChI is InChI=1S/C18H23N3O7.BF4/c1-6-27-16(23)18(20-11(3)22,17(24)28-7-2)10-12-8-13(21-19)15(26-5)14(9-12)25-4;2-1(3,4)5/h8-9H,6-7,10H2,1-5H3;/q;-1/p+1. The average Bonchev–Trinajstić information content (AvgIpc) is 2.71. The van der Waals surface area contributed by atoms with Gasteiger partial charge in [-0.25, -0.2) is 9.59 Å². The summed E-state index contributed by atoms with van der Waals surface area (Å²) in [6, 6.07) is 2.87. The van der Waals surface area contributed by atoms with Crippen LogP contribution in [0, 0.1) is 5.39 Å². The van der Waals surface area contributed by atoms with Crippen molar-refractivity contribution in [1.29, 1.82) is 5.39 Å². The number of nitrogens with zero attached hydrogens (tertiary/aromatic N) is 2. The fourth-order valence-electron chi connectivity index (χ4n) is 2.67. The molecule has 0 aliphatic heterocycles. The molecule has 0 unspecified atom stereocenters. The largest absolute Gasteiger partial charge is 0.673 e. The predicted octanol–water partition coefficient (Wildman–Crippen LogP) is 3.03. The van der Waals surface area contributed by atoms with Crippen molar-refractivity contribution in [2.45, 2.75) is 32.7 Å². The van der Waals surface area contributed by atoms with E-state index in [0.29, 0.717) is 5.56 Å². The molecule has 0 atom stereocenters. The summed E-state index contributed by atoms with van der Waals surface area (Å²) >= 11 is 0. The molecule has 0 saturated heterocycles. The van der Waals surface area contributed by atoms with Crippen molar-refractivity contribution in [3.8, 4) is 11.5 Å². The van der Waals surface area contributed by atoms with Crippen molar-refractivity contribution in [2.75, 3.05) is 27.4 Å². The van der Waals surface area contributed by atoms with Crippen LogP contribution in [0.1, 0.15) is 26.3 Å². The van der Waals surface area contributed by atoms with Gasteiger partial charge in [-0.05, 0) is 25.5 Å². The number of benzene rings is 1. The third-order valence-corrected chi connectivity index (χ3v) is 3.73. The Morgan fingerprint density at radius 3 is 1.85 bits per heavy atom. The number of nitrogens with one attached hydrogen (secondary N) is 1. The Labute approximate surface area is 187 Å². The Hall–Kier alpha value is -3.57. The highest BCUT2D eigenvalue weighted by Crippen LogP contribution is 2.39. The van der Waals surface area contributed by atoms with E-state index in [-0.39, 0.29) is 36.8 Å². The van der Waals surface area contributed by atoms with Gasteiger partial charge in [0.25, 0.3) is 5.75 Å². The molecule has 0 aliphatic rings. The lowest BCUT2D eigenvalue weighted by molar-refractivity contribution is -0.168. The van der Waals surface area contributed by atoms with Crippen molar-refractivity contribution in [3.63, 3.8) is 0 Å². The Bertz CT molecular complexity index is 867. The molecule has 184 valence electrons. The van der Waals surface area contributed by atoms with Gasteiger partial charge in [0.2, 0.25) is 16.8 Å². The van der Waals surface area contributed by atoms with Gasteiger partial charge in [0.15, 0.2) is 10.7 Å². The number of hydrogen-bond donors (Lipinski definition) is 1. The van der Waals surface area contributed by atoms with Gasteiger partial charge in [-0.2, -0.15) is 0 Å². The number of carbonyl (C=O) groups is 3. The highest BCUT2D eigenvalue weighted by atomic mass is 19.5. The molecular formula is C18H24BF4N3O7. The molecule has 0 spiro atoms. The zero-order valence-corrected chi connectivity index (χ0v) is 18.6. The lowest BCUT2D eigenvalue weighted by atomic mass is 9.89. The first-order chi connectivity index (χ1) is 15.3. The third-order valence-electron chi connectivity index (χ3n) is 3.73. The van der Waals surface area contributed by atoms with Crippen LogP contribution < -0.4 is 14.8 Å². The quantitative estimate of drug-likeness (QED) is 0.188. The number of diazo groups is 1. The van der Waals surface area contributed by atoms with E-state index in [4.69, 9.17) is 18.9 Å². The Morgan fingerprint density at radius 1 is 1.03 bits per heavy atom. The predicted molar refractivity (Wildman–Crippen MR) is 108 cm³/mol. The van der Waals surface area contributed by atoms with Gasteiger partial charge in [-0.3, -0.25) is 4.79 Å². The fraction of sp³-hybridized carbons (Fsp3) is 0.500. The molecule has 0 fully saturated rings. The van der Waals surface area contributed by atoms with Gasteiger partial charge >= 0.3 is 24.9 Å². The van der Waals surface area contributed by atoms with Gasteiger partial charge in [-0.15, -0.1) is 0 Å². The van der Waals surface area contributed by atoms with Gasteiger partial charge in [-0.1, -0.05) is 0 Å². The number of rotatable bonds is 9. The molecule has 0 aromatic heterocycles. The highest BCUT2D eigenvalue weighted by Gasteiger charge is 2.50. The van der Waals surface area contributed by atoms with Crippen LogP contribution in [0.5, 0.6) is 11.5 Å². The zero-order chi connectivity index (χ0) is 25.8. The first kappa shape index (κ1) is 29.4. The lowest BCUT2D eigenvalue weighted by Crippen LogP contribution is -2.62. The van der Waals surface area contributed by atoms with Crippen molar-refractivity contribution < 1.29 is 50.6 Å². The molecule has 1 aromatic rings. The van der Waals surface area contributed by atoms with Crippen molar-refractivity contribution in [1.82, 2.24) is 5.32 Å². The number of halogens is 4. The maximum Gasteiger partial charge on any atom is 0.673 e. The molecule has 33 heavy (non-hydrogen) atoms. The van der Waals surface area contributed by atoms with Gasteiger partial charge in [0.05, 0.1) is 27.4 Å². The highest BCUT2D eigenvalue weighted by molar-refractivity contribution is 6.50. The SMILES string of the molecule is CCOC(=O)C(Cc1cc([N+]#N)c(OC)c(OC)c1)(NC(C)=O)C(=O)OCC.F[B-](F)(F)F. The normalized spacial score (nSPS) is 10.7. The number of methoxy groups -OCH3 is 2. The van der Waals surface area contributed by atoms with Crippen LogP contribution in [-0.4, -0.2) is 58.1 Å². The van der Waals surface area contributed by atoms with Crippen molar-refractivity contribution >= 4 is 30.8 Å². The second kappa shape index (κ2) is 13.1. The van der Waals surface area contributed by atoms with Crippen LogP contribution >= 0.6 is 0 Å². The number of esters is 2. The van der Waals surface area contributed by atoms with Gasteiger partial charge in [0, 0.05) is 19.4 Å². The lowest BCUT2D eigenvalue weighted by Gasteiger charge is -2.29. The number of ether oxygens (including phenoxy) is 4. The smallest absolute Gasteiger partial charge is 0.493 e. The summed E-state index contributed by atoms with van der Waals surface area (Å²) in [6.07, 6.45) is -0.326. The van der Waals surface area contributed by atoms with E-state index < -0.39 is 30.6 Å². The summed E-state index contributed by atoms with van der Waals surface area (Å²) in [4.78, 5) is 40.3. The molecule has 1 N–H and O–H groups in total. The van der Waals surface area contributed by atoms with Crippen molar-refractivity contribution in [3.05, 3.63) is 22.7 Å². The van der Waals surface area contributed by atoms with Gasteiger partial charge in [0.1, 0.15) is 0 Å². The van der Waals surface area contributed by atoms with Crippen LogP contribution in [0.4, 0.5) is 23.0 Å². The van der Waals surface area contributed by atoms with Gasteiger partial charge < -0.3 is 41.5 Å². The molecule has 0 radical (unpaired) electrons. The Morgan fingerprint density at radius 2 is 1.52 bits per heavy atom. The third kappa shape index (κ3) is 9.22. The minimum atomic E-state index is -6.00. The number of amides is 1. The van der Waals surface area contributed by atoms with E-state index in [2.05, 4.69) is 10.3 Å². The van der Waals surface area contributed by atoms with E-state index in [9.17, 15) is 37.0 Å². The topological polar surface area (TPSA) is 128 Å². The molecule has 1 aromatic carbocycles. The maximum atomic E-state index is 12.7. The van der Waals surface area contributed by atoms with E-state index >= 15 is 0 Å². The molecule has 0 bridgehead atoms. The molecule has 0 heterocycles. The van der Waals surface area contributed by atoms with E-state index in [0.717, 1.165) is 6.92 Å². The summed E-state index contributed by atoms with van der Waals surface area (Å²) in [5, 5.41) is 11.6. The fourth-order valence-corrected chi connectivity index (χ4v) is 2.67. The summed E-state index contributed by atoms with van der Waals surface area (Å²) in [7, 11) is -3.26. The summed E-state index contributed by atoms with van der Waals surface area (Å²) < 4.78 is 59.4. The molecule has 1 rings (SSSR count). The van der Waals surface area contributed by atoms with Crippen LogP contribution in [0.25, 0.3) is 4.98 Å². The molecule has 1 amide bonds. The minimum Gasteiger partial charge on any atom is -0.493 e. The second-order valence-electron chi connectivity index (χ2n) is 6.15. The van der Waals surface area contributed by atoms with E-state index in [1.54, 1.807) is 13.8 Å². The van der Waals surface area contributed by atoms with Crippen LogP contribution in [0.2, 0.25) is 0 Å². The Kier molecular flexibility index (Phi) is 11.7. The Balaban J connectivity index is 0.00000184. The first-order valence-electron chi connectivity index (χ1n) is 9.40. The van der Waals surface area contributed by atoms with E-state index in [1.165, 1.54) is 26.4 Å². The molecule has 0 aliphatic carbocycles. The summed E-state index contributed by atoms with van der Waals surface area (Å²) in [5.74, 6) is -2.21. The average molecular weight is 481 g/mol. The number of carbonyl (C=O) groups excluding carboxylic acids is 3. The number of hydrogen-bond acceptors (Lipinski definition) is 8. The monoisotopic (exact) mass is 481 g/mol. The second-order valence-corrected chi connectivity index (χ2v) is 6.15. The molecule has 10 nitrogen and oxygen atoms in total. The first-order valence-corrected chi connectivity index (χ1v) is 9.40. The van der Waals surface area contributed by atoms with Crippen LogP contribution in [0.15, 0.2) is 12.1 Å². The van der Waals surface area contributed by atoms with Crippen molar-refractivity contribution in [2.24, 2.45) is 0 Å². The summed E-state index contributed by atoms with van der Waals surface area (Å²) in [6.45, 7) is 4.28. The van der Waals surface area contributed by atoms with Crippen LogP contribution in [0.3, 0.4) is 0 Å². The summed E-state index contributed by atoms with van der Waals surface area (Å²) in [5.41, 5.74) is -1.77. The molecular weight excluding hydrogens is 457 g/mol. The van der Waals surface area contributed by atoms with E-state index in [1.807, 2.05) is 0 Å².